The van der Waals surface area contributed by atoms with Gasteiger partial charge >= 0.3 is 30.4 Å². The summed E-state index contributed by atoms with van der Waals surface area (Å²) in [5, 5.41) is 4.91. The van der Waals surface area contributed by atoms with Gasteiger partial charge in [0.2, 0.25) is 0 Å². The predicted octanol–water partition coefficient (Wildman–Crippen LogP) is 3.88. The summed E-state index contributed by atoms with van der Waals surface area (Å²) in [6, 6.07) is 6.68. The smallest absolute Gasteiger partial charge is 0.467 e. The number of hydrogen-bond acceptors (Lipinski definition) is 14. The number of amides is 1. The number of anilines is 1. The third-order valence-corrected chi connectivity index (χ3v) is 7.86. The van der Waals surface area contributed by atoms with Crippen LogP contribution in [0.5, 0.6) is 0 Å². The summed E-state index contributed by atoms with van der Waals surface area (Å²) in [4.78, 5) is 66.0. The molecule has 3 heterocycles. The number of alkyl halides is 6. The molecule has 1 saturated heterocycles. The zero-order valence-corrected chi connectivity index (χ0v) is 28.8. The number of fused-ring (bicyclic) bond motifs is 1. The molecule has 1 aliphatic rings. The third-order valence-electron chi connectivity index (χ3n) is 7.86. The van der Waals surface area contributed by atoms with Crippen LogP contribution < -0.4 is 10.6 Å². The number of methoxy groups -OCH3 is 1. The number of esters is 3. The Balaban J connectivity index is 1.65. The number of rotatable bonds is 16. The largest absolute Gasteiger partial charge is 0.573 e. The van der Waals surface area contributed by atoms with Crippen molar-refractivity contribution < 1.29 is 69.2 Å². The van der Waals surface area contributed by atoms with Gasteiger partial charge in [-0.3, -0.25) is 19.0 Å². The molecular formula is C32H35F6N7O9. The van der Waals surface area contributed by atoms with E-state index in [4.69, 9.17) is 14.2 Å². The van der Waals surface area contributed by atoms with Crippen molar-refractivity contribution in [2.75, 3.05) is 25.5 Å². The van der Waals surface area contributed by atoms with E-state index in [1.54, 1.807) is 30.3 Å². The molecular weight excluding hydrogens is 740 g/mol. The fraction of sp³-hybridized carbons (Fsp3) is 0.500. The van der Waals surface area contributed by atoms with E-state index in [1.807, 2.05) is 0 Å². The first-order valence-electron chi connectivity index (χ1n) is 16.1. The van der Waals surface area contributed by atoms with Crippen LogP contribution in [0.25, 0.3) is 11.2 Å². The number of benzene rings is 1. The molecule has 1 amide bonds. The van der Waals surface area contributed by atoms with Gasteiger partial charge in [0.1, 0.15) is 12.4 Å². The highest BCUT2D eigenvalue weighted by Gasteiger charge is 2.51. The summed E-state index contributed by atoms with van der Waals surface area (Å²) in [5.41, 5.74) is 0.502. The van der Waals surface area contributed by atoms with Crippen LogP contribution in [0.2, 0.25) is 0 Å². The molecule has 4 rings (SSSR count). The maximum absolute atomic E-state index is 13.1. The SMILES string of the molecule is COC(=O)[C@H](CC[C@H](CNCC(F)(F)F)C[C@H]1O[C@@H](n2cnc3c(NC(=O)c4ccccc4)ncnc32)C(OC(C)=O)C1OC(C)=O)N=COC(F)(F)F. The van der Waals surface area contributed by atoms with Crippen LogP contribution in [0.4, 0.5) is 32.2 Å². The first-order valence-corrected chi connectivity index (χ1v) is 16.1. The molecule has 2 unspecified atom stereocenters. The second-order valence-electron chi connectivity index (χ2n) is 11.9. The van der Waals surface area contributed by atoms with Crippen molar-refractivity contribution >= 4 is 47.2 Å². The van der Waals surface area contributed by atoms with E-state index < -0.39 is 79.4 Å². The lowest BCUT2D eigenvalue weighted by molar-refractivity contribution is -0.280. The van der Waals surface area contributed by atoms with Gasteiger partial charge in [-0.2, -0.15) is 13.2 Å². The lowest BCUT2D eigenvalue weighted by Gasteiger charge is -2.26. The van der Waals surface area contributed by atoms with Crippen LogP contribution >= 0.6 is 0 Å². The van der Waals surface area contributed by atoms with Gasteiger partial charge in [0.15, 0.2) is 47.9 Å². The van der Waals surface area contributed by atoms with Crippen LogP contribution in [0, 0.1) is 5.92 Å². The van der Waals surface area contributed by atoms with Crippen molar-refractivity contribution in [1.29, 1.82) is 0 Å². The van der Waals surface area contributed by atoms with E-state index in [0.29, 0.717) is 5.56 Å². The number of nitrogens with zero attached hydrogens (tertiary/aromatic N) is 5. The molecule has 0 saturated carbocycles. The number of carbonyl (C=O) groups is 4. The maximum Gasteiger partial charge on any atom is 0.573 e. The standard InChI is InChI=1S/C32H35F6N7O9/c1-17(46)52-24-22(11-19(12-39-13-31(33,34)35)9-10-21(30(49)50-3)43-16-51-32(36,37)38)54-29(25(24)53-18(2)47)45-15-42-23-26(40-14-41-27(23)45)44-28(48)20-7-5-4-6-8-20/h4-8,14-16,19,21-22,24-25,29,39H,9-13H2,1-3H3,(H,40,41,44,48)/t19-,21-,22+,24?,25?,29+/m0/s1. The summed E-state index contributed by atoms with van der Waals surface area (Å²) in [5.74, 6) is -4.02. The van der Waals surface area contributed by atoms with Crippen molar-refractivity contribution in [3.05, 3.63) is 48.5 Å². The summed E-state index contributed by atoms with van der Waals surface area (Å²) >= 11 is 0. The van der Waals surface area contributed by atoms with Crippen LogP contribution in [-0.4, -0.2) is 107 Å². The Morgan fingerprint density at radius 2 is 1.67 bits per heavy atom. The number of ether oxygens (including phenoxy) is 5. The van der Waals surface area contributed by atoms with E-state index in [0.717, 1.165) is 27.3 Å². The Morgan fingerprint density at radius 3 is 2.30 bits per heavy atom. The molecule has 6 atom stereocenters. The molecule has 1 aromatic carbocycles. The second kappa shape index (κ2) is 18.1. The van der Waals surface area contributed by atoms with Gasteiger partial charge in [-0.15, -0.1) is 13.2 Å². The Kier molecular flexibility index (Phi) is 13.9. The molecule has 1 aliphatic heterocycles. The van der Waals surface area contributed by atoms with Gasteiger partial charge in [0, 0.05) is 19.4 Å². The van der Waals surface area contributed by atoms with Gasteiger partial charge in [-0.25, -0.2) is 24.7 Å². The fourth-order valence-corrected chi connectivity index (χ4v) is 5.67. The molecule has 2 N–H and O–H groups in total. The van der Waals surface area contributed by atoms with Crippen molar-refractivity contribution in [2.45, 2.75) is 76.2 Å². The minimum absolute atomic E-state index is 0.0150. The number of nitrogens with one attached hydrogen (secondary N) is 2. The van der Waals surface area contributed by atoms with Gasteiger partial charge in [0.05, 0.1) is 20.0 Å². The maximum atomic E-state index is 13.1. The van der Waals surface area contributed by atoms with Crippen molar-refractivity contribution in [1.82, 2.24) is 24.8 Å². The van der Waals surface area contributed by atoms with Crippen LogP contribution in [-0.2, 0) is 38.1 Å². The van der Waals surface area contributed by atoms with Gasteiger partial charge in [-0.1, -0.05) is 18.2 Å². The van der Waals surface area contributed by atoms with Crippen molar-refractivity contribution in [3.8, 4) is 0 Å². The van der Waals surface area contributed by atoms with E-state index in [-0.39, 0.29) is 49.2 Å². The molecule has 16 nitrogen and oxygen atoms in total. The first kappa shape index (κ1) is 41.4. The number of aliphatic imine (C=N–C) groups is 1. The van der Waals surface area contributed by atoms with Crippen molar-refractivity contribution in [3.63, 3.8) is 0 Å². The topological polar surface area (TPSA) is 194 Å². The highest BCUT2D eigenvalue weighted by atomic mass is 19.4. The van der Waals surface area contributed by atoms with E-state index in [1.165, 1.54) is 10.9 Å². The van der Waals surface area contributed by atoms with Gasteiger partial charge in [0.25, 0.3) is 5.91 Å². The molecule has 0 radical (unpaired) electrons. The minimum atomic E-state index is -5.10. The Morgan fingerprint density at radius 1 is 0.981 bits per heavy atom. The monoisotopic (exact) mass is 775 g/mol. The highest BCUT2D eigenvalue weighted by molar-refractivity contribution is 6.06. The third kappa shape index (κ3) is 11.8. The number of aromatic nitrogens is 4. The Bertz CT molecular complexity index is 1790. The molecule has 294 valence electrons. The lowest BCUT2D eigenvalue weighted by atomic mass is 9.91. The average molecular weight is 776 g/mol. The summed E-state index contributed by atoms with van der Waals surface area (Å²) in [6.07, 6.45) is -13.2. The van der Waals surface area contributed by atoms with E-state index >= 15 is 0 Å². The Hall–Kier alpha value is -5.38. The average Bonchev–Trinajstić information content (AvgIpc) is 3.66. The lowest BCUT2D eigenvalue weighted by Crippen LogP contribution is -2.40. The normalized spacial score (nSPS) is 20.0. The van der Waals surface area contributed by atoms with Gasteiger partial charge in [-0.05, 0) is 43.9 Å². The van der Waals surface area contributed by atoms with Crippen LogP contribution in [0.3, 0.4) is 0 Å². The zero-order chi connectivity index (χ0) is 39.6. The van der Waals surface area contributed by atoms with Crippen molar-refractivity contribution in [2.24, 2.45) is 10.9 Å². The molecule has 3 aromatic rings. The fourth-order valence-electron chi connectivity index (χ4n) is 5.67. The molecule has 1 fully saturated rings. The molecule has 0 spiro atoms. The minimum Gasteiger partial charge on any atom is -0.467 e. The number of carbonyl (C=O) groups excluding carboxylic acids is 4. The van der Waals surface area contributed by atoms with Crippen LogP contribution in [0.1, 0.15) is 49.7 Å². The number of hydrogen-bond donors (Lipinski definition) is 2. The zero-order valence-electron chi connectivity index (χ0n) is 28.8. The van der Waals surface area contributed by atoms with Crippen LogP contribution in [0.15, 0.2) is 48.0 Å². The number of halogens is 6. The molecule has 2 aromatic heterocycles. The summed E-state index contributed by atoms with van der Waals surface area (Å²) in [7, 11) is 0.966. The quantitative estimate of drug-likeness (QED) is 0.0701. The molecule has 0 aliphatic carbocycles. The molecule has 22 heteroatoms. The second-order valence-corrected chi connectivity index (χ2v) is 11.9. The first-order chi connectivity index (χ1) is 25.5. The van der Waals surface area contributed by atoms with E-state index in [9.17, 15) is 45.5 Å². The van der Waals surface area contributed by atoms with E-state index in [2.05, 4.69) is 40.1 Å². The molecule has 0 bridgehead atoms. The number of imidazole rings is 1. The summed E-state index contributed by atoms with van der Waals surface area (Å²) < 4.78 is 104. The predicted molar refractivity (Wildman–Crippen MR) is 172 cm³/mol. The highest BCUT2D eigenvalue weighted by Crippen LogP contribution is 2.39. The Labute approximate surface area is 302 Å². The summed E-state index contributed by atoms with van der Waals surface area (Å²) in [6.45, 7) is 0.377. The molecule has 54 heavy (non-hydrogen) atoms. The van der Waals surface area contributed by atoms with Gasteiger partial charge < -0.3 is 34.3 Å².